The highest BCUT2D eigenvalue weighted by molar-refractivity contribution is 5.42. The SMILES string of the molecule is NCC#Cc1cc(F)ccc1CN1Cc2ccccc2C1. The predicted octanol–water partition coefficient (Wildman–Crippen LogP) is 2.65. The fourth-order valence-electron chi connectivity index (χ4n) is 2.71. The van der Waals surface area contributed by atoms with Crippen LogP contribution in [-0.2, 0) is 19.6 Å². The summed E-state index contributed by atoms with van der Waals surface area (Å²) in [5.74, 6) is 5.51. The van der Waals surface area contributed by atoms with E-state index in [-0.39, 0.29) is 12.4 Å². The molecule has 2 aromatic carbocycles. The lowest BCUT2D eigenvalue weighted by molar-refractivity contribution is 0.275. The van der Waals surface area contributed by atoms with E-state index in [2.05, 4.69) is 41.0 Å². The number of fused-ring (bicyclic) bond motifs is 1. The molecule has 3 heteroatoms. The third kappa shape index (κ3) is 3.13. The summed E-state index contributed by atoms with van der Waals surface area (Å²) in [4.78, 5) is 2.34. The van der Waals surface area contributed by atoms with Gasteiger partial charge in [-0.15, -0.1) is 0 Å². The molecule has 0 saturated carbocycles. The minimum Gasteiger partial charge on any atom is -0.320 e. The number of nitrogens with zero attached hydrogens (tertiary/aromatic N) is 1. The minimum atomic E-state index is -0.259. The highest BCUT2D eigenvalue weighted by Crippen LogP contribution is 2.24. The van der Waals surface area contributed by atoms with Crippen LogP contribution >= 0.6 is 0 Å². The second-order valence-electron chi connectivity index (χ2n) is 5.22. The summed E-state index contributed by atoms with van der Waals surface area (Å²) in [6, 6.07) is 13.3. The molecule has 0 atom stereocenters. The van der Waals surface area contributed by atoms with Gasteiger partial charge in [0.25, 0.3) is 0 Å². The molecule has 1 heterocycles. The first-order valence-corrected chi connectivity index (χ1v) is 7.03. The maximum absolute atomic E-state index is 13.4. The molecule has 1 aliphatic heterocycles. The van der Waals surface area contributed by atoms with Gasteiger partial charge in [-0.05, 0) is 28.8 Å². The molecule has 3 rings (SSSR count). The highest BCUT2D eigenvalue weighted by atomic mass is 19.1. The van der Waals surface area contributed by atoms with Crippen molar-refractivity contribution in [3.8, 4) is 11.8 Å². The lowest BCUT2D eigenvalue weighted by Gasteiger charge is -2.16. The molecule has 0 saturated heterocycles. The molecule has 0 aliphatic carbocycles. The van der Waals surface area contributed by atoms with Gasteiger partial charge < -0.3 is 5.73 Å². The maximum atomic E-state index is 13.4. The Bertz CT molecular complexity index is 688. The topological polar surface area (TPSA) is 29.3 Å². The Kier molecular flexibility index (Phi) is 4.01. The summed E-state index contributed by atoms with van der Waals surface area (Å²) in [7, 11) is 0. The number of benzene rings is 2. The minimum absolute atomic E-state index is 0.259. The summed E-state index contributed by atoms with van der Waals surface area (Å²) < 4.78 is 13.4. The first-order valence-electron chi connectivity index (χ1n) is 7.03. The highest BCUT2D eigenvalue weighted by Gasteiger charge is 2.19. The Hall–Kier alpha value is -2.15. The van der Waals surface area contributed by atoms with E-state index in [1.807, 2.05) is 6.07 Å². The van der Waals surface area contributed by atoms with Crippen molar-refractivity contribution in [2.24, 2.45) is 5.73 Å². The van der Waals surface area contributed by atoms with Crippen molar-refractivity contribution in [1.29, 1.82) is 0 Å². The van der Waals surface area contributed by atoms with E-state index in [4.69, 9.17) is 5.73 Å². The molecule has 2 N–H and O–H groups in total. The van der Waals surface area contributed by atoms with Crippen LogP contribution in [0.4, 0.5) is 4.39 Å². The van der Waals surface area contributed by atoms with Gasteiger partial charge in [0, 0.05) is 25.2 Å². The lowest BCUT2D eigenvalue weighted by Crippen LogP contribution is -2.16. The summed E-state index contributed by atoms with van der Waals surface area (Å²) in [5.41, 5.74) is 9.93. The van der Waals surface area contributed by atoms with Crippen LogP contribution in [0.15, 0.2) is 42.5 Å². The number of rotatable bonds is 2. The smallest absolute Gasteiger partial charge is 0.124 e. The Morgan fingerprint density at radius 2 is 1.81 bits per heavy atom. The Balaban J connectivity index is 1.80. The van der Waals surface area contributed by atoms with E-state index < -0.39 is 0 Å². The Labute approximate surface area is 124 Å². The van der Waals surface area contributed by atoms with Crippen LogP contribution in [-0.4, -0.2) is 11.4 Å². The van der Waals surface area contributed by atoms with E-state index in [9.17, 15) is 4.39 Å². The zero-order valence-corrected chi connectivity index (χ0v) is 11.8. The quantitative estimate of drug-likeness (QED) is 0.857. The molecular formula is C18H17FN2. The molecular weight excluding hydrogens is 263 g/mol. The van der Waals surface area contributed by atoms with Crippen LogP contribution in [0.2, 0.25) is 0 Å². The van der Waals surface area contributed by atoms with Gasteiger partial charge in [-0.1, -0.05) is 42.2 Å². The molecule has 0 unspecified atom stereocenters. The number of hydrogen-bond donors (Lipinski definition) is 1. The van der Waals surface area contributed by atoms with Gasteiger partial charge in [-0.3, -0.25) is 4.90 Å². The predicted molar refractivity (Wildman–Crippen MR) is 81.7 cm³/mol. The maximum Gasteiger partial charge on any atom is 0.124 e. The van der Waals surface area contributed by atoms with Gasteiger partial charge in [0.15, 0.2) is 0 Å². The molecule has 0 spiro atoms. The fourth-order valence-corrected chi connectivity index (χ4v) is 2.71. The average Bonchev–Trinajstić information content (AvgIpc) is 2.89. The molecule has 2 aromatic rings. The van der Waals surface area contributed by atoms with Crippen LogP contribution < -0.4 is 5.73 Å². The van der Waals surface area contributed by atoms with Crippen molar-refractivity contribution in [2.75, 3.05) is 6.54 Å². The third-order valence-corrected chi connectivity index (χ3v) is 3.70. The van der Waals surface area contributed by atoms with Gasteiger partial charge in [0.1, 0.15) is 5.82 Å². The average molecular weight is 280 g/mol. The van der Waals surface area contributed by atoms with Crippen molar-refractivity contribution in [3.63, 3.8) is 0 Å². The van der Waals surface area contributed by atoms with Gasteiger partial charge in [0.2, 0.25) is 0 Å². The fraction of sp³-hybridized carbons (Fsp3) is 0.222. The van der Waals surface area contributed by atoms with Crippen LogP contribution in [0.5, 0.6) is 0 Å². The summed E-state index contributed by atoms with van der Waals surface area (Å²) in [5, 5.41) is 0. The van der Waals surface area contributed by atoms with E-state index in [1.54, 1.807) is 0 Å². The van der Waals surface area contributed by atoms with Crippen LogP contribution in [0, 0.1) is 17.7 Å². The van der Waals surface area contributed by atoms with Crippen LogP contribution in [0.1, 0.15) is 22.3 Å². The van der Waals surface area contributed by atoms with Gasteiger partial charge in [-0.25, -0.2) is 4.39 Å². The normalized spacial score (nSPS) is 13.6. The lowest BCUT2D eigenvalue weighted by atomic mass is 10.1. The van der Waals surface area contributed by atoms with Crippen molar-refractivity contribution in [2.45, 2.75) is 19.6 Å². The van der Waals surface area contributed by atoms with Crippen LogP contribution in [0.3, 0.4) is 0 Å². The summed E-state index contributed by atoms with van der Waals surface area (Å²) >= 11 is 0. The number of halogens is 1. The summed E-state index contributed by atoms with van der Waals surface area (Å²) in [6.45, 7) is 2.91. The molecule has 1 aliphatic rings. The van der Waals surface area contributed by atoms with Crippen LogP contribution in [0.25, 0.3) is 0 Å². The van der Waals surface area contributed by atoms with E-state index in [1.165, 1.54) is 23.3 Å². The second-order valence-corrected chi connectivity index (χ2v) is 5.22. The molecule has 0 fully saturated rings. The monoisotopic (exact) mass is 280 g/mol. The zero-order chi connectivity index (χ0) is 14.7. The Morgan fingerprint density at radius 1 is 1.10 bits per heavy atom. The molecule has 0 bridgehead atoms. The number of nitrogens with two attached hydrogens (primary N) is 1. The molecule has 21 heavy (non-hydrogen) atoms. The first kappa shape index (κ1) is 13.8. The van der Waals surface area contributed by atoms with E-state index in [0.717, 1.165) is 30.8 Å². The zero-order valence-electron chi connectivity index (χ0n) is 11.8. The molecule has 0 aromatic heterocycles. The van der Waals surface area contributed by atoms with Gasteiger partial charge in [0.05, 0.1) is 6.54 Å². The molecule has 0 amide bonds. The summed E-state index contributed by atoms with van der Waals surface area (Å²) in [6.07, 6.45) is 0. The van der Waals surface area contributed by atoms with Crippen molar-refractivity contribution < 1.29 is 4.39 Å². The molecule has 2 nitrogen and oxygen atoms in total. The van der Waals surface area contributed by atoms with Crippen molar-refractivity contribution in [1.82, 2.24) is 4.90 Å². The molecule has 0 radical (unpaired) electrons. The van der Waals surface area contributed by atoms with Gasteiger partial charge in [-0.2, -0.15) is 0 Å². The largest absolute Gasteiger partial charge is 0.320 e. The van der Waals surface area contributed by atoms with E-state index in [0.29, 0.717) is 0 Å². The van der Waals surface area contributed by atoms with Crippen molar-refractivity contribution in [3.05, 3.63) is 70.5 Å². The van der Waals surface area contributed by atoms with Gasteiger partial charge >= 0.3 is 0 Å². The number of hydrogen-bond acceptors (Lipinski definition) is 2. The Morgan fingerprint density at radius 3 is 2.48 bits per heavy atom. The van der Waals surface area contributed by atoms with E-state index >= 15 is 0 Å². The first-order chi connectivity index (χ1) is 10.3. The second kappa shape index (κ2) is 6.09. The third-order valence-electron chi connectivity index (χ3n) is 3.70. The molecule has 106 valence electrons. The standard InChI is InChI=1S/C18H17FN2/c19-18-8-7-17(14(10-18)6-3-9-20)13-21-11-15-4-1-2-5-16(15)12-21/h1-2,4-5,7-8,10H,9,11-13,20H2. The van der Waals surface area contributed by atoms with Crippen molar-refractivity contribution >= 4 is 0 Å².